The molecule has 0 spiro atoms. The van der Waals surface area contributed by atoms with Gasteiger partial charge in [0.05, 0.1) is 6.10 Å². The van der Waals surface area contributed by atoms with Gasteiger partial charge in [0.15, 0.2) is 17.1 Å². The van der Waals surface area contributed by atoms with Crippen LogP contribution >= 0.6 is 0 Å². The van der Waals surface area contributed by atoms with Gasteiger partial charge >= 0.3 is 5.97 Å². The third-order valence-electron chi connectivity index (χ3n) is 8.55. The van der Waals surface area contributed by atoms with Gasteiger partial charge in [-0.1, -0.05) is 25.5 Å². The Balaban J connectivity index is 1.85. The summed E-state index contributed by atoms with van der Waals surface area (Å²) in [6, 6.07) is 0. The van der Waals surface area contributed by atoms with Gasteiger partial charge < -0.3 is 15.3 Å². The lowest BCUT2D eigenvalue weighted by molar-refractivity contribution is -0.225. The third kappa shape index (κ3) is 1.91. The van der Waals surface area contributed by atoms with Crippen LogP contribution in [-0.2, 0) is 9.59 Å². The van der Waals surface area contributed by atoms with Crippen LogP contribution in [0.25, 0.3) is 0 Å². The Morgan fingerprint density at radius 3 is 2.59 bits per heavy atom. The fraction of sp³-hybridized carbons (Fsp3) is 0.714. The lowest BCUT2D eigenvalue weighted by Crippen LogP contribution is -2.69. The van der Waals surface area contributed by atoms with Crippen molar-refractivity contribution in [3.63, 3.8) is 0 Å². The molecule has 3 saturated carbocycles. The van der Waals surface area contributed by atoms with Gasteiger partial charge in [-0.15, -0.1) is 0 Å². The number of fused-ring (bicyclic) bond motifs is 5. The zero-order valence-corrected chi connectivity index (χ0v) is 15.9. The van der Waals surface area contributed by atoms with Crippen molar-refractivity contribution in [1.82, 2.24) is 0 Å². The molecule has 0 aliphatic heterocycles. The van der Waals surface area contributed by atoms with Crippen LogP contribution in [0.4, 0.5) is 4.39 Å². The summed E-state index contributed by atoms with van der Waals surface area (Å²) in [6.45, 7) is 5.10. The molecule has 4 aliphatic rings. The zero-order valence-electron chi connectivity index (χ0n) is 15.9. The fourth-order valence-electron chi connectivity index (χ4n) is 7.00. The molecule has 6 heteroatoms. The first-order chi connectivity index (χ1) is 12.4. The number of hydrogen-bond donors (Lipinski definition) is 3. The van der Waals surface area contributed by atoms with E-state index in [1.165, 1.54) is 12.2 Å². The van der Waals surface area contributed by atoms with E-state index in [9.17, 15) is 24.9 Å². The summed E-state index contributed by atoms with van der Waals surface area (Å²) in [5.41, 5.74) is -5.51. The van der Waals surface area contributed by atoms with Gasteiger partial charge in [-0.25, -0.2) is 9.18 Å². The molecule has 0 heterocycles. The number of alkyl halides is 1. The van der Waals surface area contributed by atoms with E-state index in [-0.39, 0.29) is 18.1 Å². The Morgan fingerprint density at radius 1 is 1.30 bits per heavy atom. The van der Waals surface area contributed by atoms with E-state index in [1.54, 1.807) is 26.8 Å². The summed E-state index contributed by atoms with van der Waals surface area (Å²) >= 11 is 0. The summed E-state index contributed by atoms with van der Waals surface area (Å²) in [5.74, 6) is -2.94. The summed E-state index contributed by atoms with van der Waals surface area (Å²) < 4.78 is 16.8. The predicted octanol–water partition coefficient (Wildman–Crippen LogP) is 2.42. The lowest BCUT2D eigenvalue weighted by atomic mass is 9.45. The Kier molecular flexibility index (Phi) is 3.69. The Morgan fingerprint density at radius 2 is 1.96 bits per heavy atom. The maximum absolute atomic E-state index is 16.8. The third-order valence-corrected chi connectivity index (χ3v) is 8.55. The lowest BCUT2D eigenvalue weighted by Gasteiger charge is -2.62. The molecule has 5 nitrogen and oxygen atoms in total. The van der Waals surface area contributed by atoms with Crippen LogP contribution in [-0.4, -0.2) is 44.4 Å². The van der Waals surface area contributed by atoms with Crippen molar-refractivity contribution in [1.29, 1.82) is 0 Å². The first-order valence-electron chi connectivity index (χ1n) is 9.70. The van der Waals surface area contributed by atoms with Crippen LogP contribution < -0.4 is 0 Å². The number of ketones is 1. The summed E-state index contributed by atoms with van der Waals surface area (Å²) in [5, 5.41) is 31.9. The molecule has 2 unspecified atom stereocenters. The first kappa shape index (κ1) is 18.8. The normalized spacial score (nSPS) is 54.0. The van der Waals surface area contributed by atoms with E-state index in [0.717, 1.165) is 0 Å². The molecule has 0 amide bonds. The molecule has 148 valence electrons. The number of carbonyl (C=O) groups excluding carboxylic acids is 1. The minimum atomic E-state index is -2.00. The van der Waals surface area contributed by atoms with E-state index in [1.807, 2.05) is 0 Å². The summed E-state index contributed by atoms with van der Waals surface area (Å²) in [4.78, 5) is 23.8. The first-order valence-corrected chi connectivity index (χ1v) is 9.70. The number of halogens is 1. The van der Waals surface area contributed by atoms with Crippen LogP contribution in [0, 0.1) is 28.6 Å². The number of aliphatic carboxylic acids is 1. The van der Waals surface area contributed by atoms with Crippen molar-refractivity contribution in [2.75, 3.05) is 0 Å². The molecule has 3 fully saturated rings. The molecular formula is C21H27FO5. The molecule has 4 aliphatic carbocycles. The Bertz CT molecular complexity index is 789. The molecule has 8 atom stereocenters. The second kappa shape index (κ2) is 5.29. The predicted molar refractivity (Wildman–Crippen MR) is 95.5 cm³/mol. The number of allylic oxidation sites excluding steroid dienone is 4. The quantitative estimate of drug-likeness (QED) is 0.651. The molecule has 0 saturated heterocycles. The average Bonchev–Trinajstić information content (AvgIpc) is 2.79. The highest BCUT2D eigenvalue weighted by Gasteiger charge is 2.76. The molecule has 0 aromatic heterocycles. The van der Waals surface area contributed by atoms with Gasteiger partial charge in [-0.2, -0.15) is 0 Å². The van der Waals surface area contributed by atoms with Crippen LogP contribution in [0.5, 0.6) is 0 Å². The molecule has 27 heavy (non-hydrogen) atoms. The standard InChI is InChI=1S/C21H27FO5/c1-11-8-15-14-5-4-12-9-13(23)6-7-18(12,2)20(14,22)16(24)10-19(15,3)21(11,27)17(25)26/h6-7,9,11,14-16,24,27H,4-5,8,10H2,1-3H3,(H,25,26)/t11-,14?,15?,16+,18+,19+,20+,21+/m1/s1. The number of carboxylic acids is 1. The zero-order chi connectivity index (χ0) is 20.0. The van der Waals surface area contributed by atoms with Crippen molar-refractivity contribution in [3.8, 4) is 0 Å². The second-order valence-electron chi connectivity index (χ2n) is 9.47. The smallest absolute Gasteiger partial charge is 0.336 e. The largest absolute Gasteiger partial charge is 0.479 e. The van der Waals surface area contributed by atoms with Gasteiger partial charge in [0, 0.05) is 16.7 Å². The highest BCUT2D eigenvalue weighted by atomic mass is 19.1. The Labute approximate surface area is 158 Å². The molecule has 4 rings (SSSR count). The number of carbonyl (C=O) groups is 2. The summed E-state index contributed by atoms with van der Waals surface area (Å²) in [6.07, 6.45) is 4.22. The van der Waals surface area contributed by atoms with E-state index in [0.29, 0.717) is 24.8 Å². The van der Waals surface area contributed by atoms with Crippen LogP contribution in [0.3, 0.4) is 0 Å². The van der Waals surface area contributed by atoms with Crippen LogP contribution in [0.15, 0.2) is 23.8 Å². The van der Waals surface area contributed by atoms with E-state index in [4.69, 9.17) is 0 Å². The highest BCUT2D eigenvalue weighted by molar-refractivity contribution is 6.01. The SMILES string of the molecule is C[C@@H]1CC2C3CCC4=CC(=O)C=C[C@]4(C)[C@@]3(F)[C@@H](O)C[C@]2(C)[C@@]1(O)C(=O)O. The van der Waals surface area contributed by atoms with Crippen molar-refractivity contribution >= 4 is 11.8 Å². The highest BCUT2D eigenvalue weighted by Crippen LogP contribution is 2.70. The van der Waals surface area contributed by atoms with Gasteiger partial charge in [0.25, 0.3) is 0 Å². The Hall–Kier alpha value is -1.53. The van der Waals surface area contributed by atoms with Crippen LogP contribution in [0.2, 0.25) is 0 Å². The van der Waals surface area contributed by atoms with Gasteiger partial charge in [-0.3, -0.25) is 4.79 Å². The number of hydrogen-bond acceptors (Lipinski definition) is 4. The molecule has 0 bridgehead atoms. The molecule has 0 aromatic carbocycles. The topological polar surface area (TPSA) is 94.8 Å². The molecule has 0 aromatic rings. The molecule has 3 N–H and O–H groups in total. The number of carboxylic acid groups (broad SMARTS) is 1. The van der Waals surface area contributed by atoms with Gasteiger partial charge in [0.1, 0.15) is 0 Å². The molecular weight excluding hydrogens is 351 g/mol. The number of rotatable bonds is 1. The fourth-order valence-corrected chi connectivity index (χ4v) is 7.00. The van der Waals surface area contributed by atoms with Crippen LogP contribution in [0.1, 0.15) is 46.5 Å². The monoisotopic (exact) mass is 378 g/mol. The van der Waals surface area contributed by atoms with Crippen molar-refractivity contribution in [3.05, 3.63) is 23.8 Å². The maximum Gasteiger partial charge on any atom is 0.336 e. The molecule has 0 radical (unpaired) electrons. The summed E-state index contributed by atoms with van der Waals surface area (Å²) in [7, 11) is 0. The van der Waals surface area contributed by atoms with Crippen molar-refractivity contribution < 1.29 is 29.3 Å². The van der Waals surface area contributed by atoms with Crippen molar-refractivity contribution in [2.24, 2.45) is 28.6 Å². The maximum atomic E-state index is 16.8. The second-order valence-corrected chi connectivity index (χ2v) is 9.47. The van der Waals surface area contributed by atoms with E-state index >= 15 is 4.39 Å². The minimum absolute atomic E-state index is 0.123. The van der Waals surface area contributed by atoms with E-state index < -0.39 is 46.0 Å². The average molecular weight is 378 g/mol. The number of aliphatic hydroxyl groups is 2. The number of aliphatic hydroxyl groups excluding tert-OH is 1. The van der Waals surface area contributed by atoms with E-state index in [2.05, 4.69) is 0 Å². The van der Waals surface area contributed by atoms with Gasteiger partial charge in [-0.05, 0) is 56.6 Å². The minimum Gasteiger partial charge on any atom is -0.479 e. The van der Waals surface area contributed by atoms with Crippen molar-refractivity contribution in [2.45, 2.75) is 63.8 Å². The van der Waals surface area contributed by atoms with Gasteiger partial charge in [0.2, 0.25) is 0 Å².